The van der Waals surface area contributed by atoms with E-state index in [0.29, 0.717) is 26.5 Å². The Morgan fingerprint density at radius 2 is 2.04 bits per heavy atom. The van der Waals surface area contributed by atoms with E-state index < -0.39 is 5.82 Å². The second kappa shape index (κ2) is 6.72. The van der Waals surface area contributed by atoms with E-state index in [0.717, 1.165) is 10.0 Å². The van der Waals surface area contributed by atoms with Gasteiger partial charge in [0.2, 0.25) is 0 Å². The molecule has 0 spiro atoms. The molecule has 0 atom stereocenters. The van der Waals surface area contributed by atoms with Gasteiger partial charge in [-0.25, -0.2) is 0 Å². The summed E-state index contributed by atoms with van der Waals surface area (Å²) >= 11 is 6.14. The van der Waals surface area contributed by atoms with E-state index in [-0.39, 0.29) is 26.1 Å². The molecule has 0 aliphatic rings. The van der Waals surface area contributed by atoms with Crippen LogP contribution < -0.4 is 5.32 Å². The van der Waals surface area contributed by atoms with Gasteiger partial charge in [-0.1, -0.05) is 0 Å². The van der Waals surface area contributed by atoms with Crippen LogP contribution in [0.15, 0.2) is 52.9 Å². The van der Waals surface area contributed by atoms with Crippen LogP contribution in [0.5, 0.6) is 0 Å². The second-order valence-electron chi connectivity index (χ2n) is 5.63. The van der Waals surface area contributed by atoms with Crippen LogP contribution in [-0.2, 0) is 0 Å². The summed E-state index contributed by atoms with van der Waals surface area (Å²) in [6.07, 6.45) is 0. The third-order valence-corrected chi connectivity index (χ3v) is 6.46. The van der Waals surface area contributed by atoms with Crippen LogP contribution in [0.2, 0.25) is 5.02 Å². The maximum absolute atomic E-state index is 13.7. The summed E-state index contributed by atoms with van der Waals surface area (Å²) < 4.78 is 20.8. The number of oxazole rings is 1. The zero-order valence-electron chi connectivity index (χ0n) is 13.5. The average molecular weight is 434 g/mol. The maximum atomic E-state index is 13.7. The molecule has 0 aliphatic carbocycles. The van der Waals surface area contributed by atoms with Crippen molar-refractivity contribution in [1.82, 2.24) is 4.98 Å². The second-order valence-corrected chi connectivity index (χ2v) is 8.31. The number of carbonyl (C=O) groups is 1. The van der Waals surface area contributed by atoms with Gasteiger partial charge in [-0.05, 0) is 0 Å². The van der Waals surface area contributed by atoms with Crippen LogP contribution in [0, 0.1) is 12.7 Å². The Balaban J connectivity index is 1.64. The molecule has 0 bridgehead atoms. The molecule has 4 nitrogen and oxygen atoms in total. The van der Waals surface area contributed by atoms with Gasteiger partial charge in [-0.3, -0.25) is 0 Å². The molecule has 0 aliphatic heterocycles. The average Bonchev–Trinajstić information content (AvgIpc) is 3.22. The summed E-state index contributed by atoms with van der Waals surface area (Å²) in [5.74, 6) is -0.203. The van der Waals surface area contributed by atoms with Crippen LogP contribution in [0.4, 0.5) is 10.1 Å². The first-order valence-electron chi connectivity index (χ1n) is 7.74. The number of fused-ring (bicyclic) bond motifs is 1. The number of anilines is 1. The van der Waals surface area contributed by atoms with Gasteiger partial charge in [0.05, 0.1) is 0 Å². The molecule has 0 saturated carbocycles. The van der Waals surface area contributed by atoms with Crippen molar-refractivity contribution in [3.05, 3.63) is 69.7 Å². The number of aryl methyl sites for hydroxylation is 1. The zero-order chi connectivity index (χ0) is 18.3. The van der Waals surface area contributed by atoms with E-state index in [4.69, 9.17) is 16.0 Å². The Bertz CT molecular complexity index is 1140. The molecule has 2 heterocycles. The van der Waals surface area contributed by atoms with E-state index in [1.807, 2.05) is 12.1 Å². The predicted molar refractivity (Wildman–Crippen MR) is 100 cm³/mol. The fraction of sp³-hybridized carbons (Fsp3) is 0.0526. The molecule has 7 heteroatoms. The first-order chi connectivity index (χ1) is 12.5. The molecule has 4 rings (SSSR count). The van der Waals surface area contributed by atoms with E-state index in [1.54, 1.807) is 31.2 Å². The Morgan fingerprint density at radius 1 is 1.23 bits per heavy atom. The summed E-state index contributed by atoms with van der Waals surface area (Å²) in [6, 6.07) is 13.3. The first kappa shape index (κ1) is 17.0. The van der Waals surface area contributed by atoms with Gasteiger partial charge < -0.3 is 0 Å². The number of rotatable bonds is 3. The Morgan fingerprint density at radius 3 is 2.85 bits per heavy atom. The number of hydrogen-bond acceptors (Lipinski definition) is 3. The molecule has 0 saturated heterocycles. The van der Waals surface area contributed by atoms with E-state index >= 15 is 0 Å². The van der Waals surface area contributed by atoms with Gasteiger partial charge >= 0.3 is 159 Å². The molecule has 1 amide bonds. The molecule has 0 unspecified atom stereocenters. The van der Waals surface area contributed by atoms with Crippen molar-refractivity contribution >= 4 is 48.8 Å². The molecular weight excluding hydrogens is 422 g/mol. The molecule has 130 valence electrons. The summed E-state index contributed by atoms with van der Waals surface area (Å²) in [6.45, 7) is 1.78. The van der Waals surface area contributed by atoms with Crippen molar-refractivity contribution in [1.29, 1.82) is 0 Å². The zero-order valence-corrected chi connectivity index (χ0v) is 16.0. The number of nitrogens with one attached hydrogen (secondary N) is 1. The molecule has 2 aromatic heterocycles. The van der Waals surface area contributed by atoms with E-state index in [1.165, 1.54) is 12.1 Å². The van der Waals surface area contributed by atoms with Crippen LogP contribution in [0.25, 0.3) is 21.1 Å². The van der Waals surface area contributed by atoms with E-state index in [9.17, 15) is 9.18 Å². The van der Waals surface area contributed by atoms with Crippen LogP contribution in [-0.4, -0.2) is 25.4 Å². The number of hydrogen-bond donors (Lipinski definition) is 1. The molecule has 0 fully saturated rings. The van der Waals surface area contributed by atoms with E-state index in [2.05, 4.69) is 10.3 Å². The number of para-hydroxylation sites is 1. The predicted octanol–water partition coefficient (Wildman–Crippen LogP) is 4.91. The van der Waals surface area contributed by atoms with Crippen LogP contribution >= 0.6 is 11.6 Å². The molecule has 0 radical (unpaired) electrons. The first-order valence-corrected chi connectivity index (χ1v) is 9.83. The molecule has 26 heavy (non-hydrogen) atoms. The van der Waals surface area contributed by atoms with Crippen molar-refractivity contribution < 1.29 is 13.6 Å². The number of benzene rings is 2. The fourth-order valence-electron chi connectivity index (χ4n) is 2.60. The summed E-state index contributed by atoms with van der Waals surface area (Å²) in [5.41, 5.74) is 2.34. The van der Waals surface area contributed by atoms with Crippen LogP contribution in [0.3, 0.4) is 0 Å². The minimum absolute atomic E-state index is 0.166. The molecule has 4 aromatic rings. The van der Waals surface area contributed by atoms with Gasteiger partial charge in [-0.15, -0.1) is 0 Å². The van der Waals surface area contributed by atoms with Gasteiger partial charge in [0.1, 0.15) is 0 Å². The van der Waals surface area contributed by atoms with Crippen molar-refractivity contribution in [2.45, 2.75) is 6.92 Å². The fourth-order valence-corrected chi connectivity index (χ4v) is 4.95. The van der Waals surface area contributed by atoms with Gasteiger partial charge in [-0.2, -0.15) is 0 Å². The molecule has 2 aromatic carbocycles. The Hall–Kier alpha value is -2.40. The van der Waals surface area contributed by atoms with Gasteiger partial charge in [0.15, 0.2) is 0 Å². The summed E-state index contributed by atoms with van der Waals surface area (Å²) in [5, 5.41) is 3.17. The topological polar surface area (TPSA) is 55.1 Å². The Labute approximate surface area is 159 Å². The third-order valence-electron chi connectivity index (χ3n) is 3.80. The van der Waals surface area contributed by atoms with Crippen molar-refractivity contribution in [3.8, 4) is 10.0 Å². The number of amides is 1. The summed E-state index contributed by atoms with van der Waals surface area (Å²) in [7, 11) is 0. The minimum atomic E-state index is -0.464. The number of aromatic nitrogens is 1. The molecular formula is C19H12ClFN2O2Se. The number of nitrogens with zero attached hydrogens (tertiary/aromatic N) is 1. The quantitative estimate of drug-likeness (QED) is 0.467. The Kier molecular flexibility index (Phi) is 4.41. The monoisotopic (exact) mass is 434 g/mol. The van der Waals surface area contributed by atoms with Gasteiger partial charge in [0, 0.05) is 0 Å². The summed E-state index contributed by atoms with van der Waals surface area (Å²) in [4.78, 5) is 16.7. The molecule has 1 N–H and O–H groups in total. The third kappa shape index (κ3) is 3.19. The SMILES string of the molecule is Cc1nc2cc(Cl)c(-c3ccc(C(=O)Nc4ccccc4F)[se]3)cc2o1. The van der Waals surface area contributed by atoms with Crippen molar-refractivity contribution in [2.75, 3.05) is 5.32 Å². The van der Waals surface area contributed by atoms with Crippen molar-refractivity contribution in [2.24, 2.45) is 0 Å². The standard InChI is InChI=1S/C19H12ClFN2O2Se/c1-10-22-15-9-12(20)11(8-16(15)25-10)17-6-7-18(26-17)19(24)23-14-5-3-2-4-13(14)21/h2-9H,1H3,(H,23,24). The van der Waals surface area contributed by atoms with Crippen LogP contribution in [0.1, 0.15) is 15.1 Å². The number of halogens is 2. The normalized spacial score (nSPS) is 11.0. The van der Waals surface area contributed by atoms with Crippen molar-refractivity contribution in [3.63, 3.8) is 0 Å². The number of carbonyl (C=O) groups excluding carboxylic acids is 1. The van der Waals surface area contributed by atoms with Gasteiger partial charge in [0.25, 0.3) is 0 Å².